The van der Waals surface area contributed by atoms with E-state index in [0.29, 0.717) is 36.2 Å². The number of nitrogens with one attached hydrogen (secondary N) is 2. The first kappa shape index (κ1) is 26.3. The van der Waals surface area contributed by atoms with Crippen molar-refractivity contribution in [3.8, 4) is 17.3 Å². The second kappa shape index (κ2) is 13.6. The molecule has 0 aliphatic carbocycles. The Kier molecular flexibility index (Phi) is 10.8. The molecule has 0 fully saturated rings. The molecule has 2 heterocycles. The van der Waals surface area contributed by atoms with Crippen molar-refractivity contribution in [3.63, 3.8) is 0 Å². The molecule has 0 saturated carbocycles. The Labute approximate surface area is 208 Å². The SMILES string of the molecule is CCCOc1ccc(CNC(=NC)NCc2ccnc(-n3cccn3)c2)c(OC(F)F)c1.I. The van der Waals surface area contributed by atoms with Gasteiger partial charge in [0.2, 0.25) is 0 Å². The molecular formula is C22H27F2IN6O2. The zero-order valence-corrected chi connectivity index (χ0v) is 20.7. The predicted molar refractivity (Wildman–Crippen MR) is 133 cm³/mol. The lowest BCUT2D eigenvalue weighted by atomic mass is 10.2. The van der Waals surface area contributed by atoms with Crippen LogP contribution in [0, 0.1) is 0 Å². The number of aromatic nitrogens is 3. The number of hydrogen-bond acceptors (Lipinski definition) is 5. The highest BCUT2D eigenvalue weighted by Crippen LogP contribution is 2.26. The van der Waals surface area contributed by atoms with E-state index in [0.717, 1.165) is 12.0 Å². The van der Waals surface area contributed by atoms with Crippen molar-refractivity contribution >= 4 is 29.9 Å². The Hall–Kier alpha value is -2.96. The van der Waals surface area contributed by atoms with Gasteiger partial charge in [-0.1, -0.05) is 6.92 Å². The van der Waals surface area contributed by atoms with E-state index in [1.165, 1.54) is 6.07 Å². The lowest BCUT2D eigenvalue weighted by molar-refractivity contribution is -0.0505. The number of pyridine rings is 1. The summed E-state index contributed by atoms with van der Waals surface area (Å²) in [7, 11) is 1.63. The Balaban J connectivity index is 0.00000385. The van der Waals surface area contributed by atoms with Crippen LogP contribution in [-0.4, -0.2) is 41.0 Å². The largest absolute Gasteiger partial charge is 0.493 e. The standard InChI is InChI=1S/C22H26F2N6O2.HI/c1-3-11-31-18-6-5-17(19(13-18)32-21(23)24)15-28-22(25-2)27-14-16-7-9-26-20(12-16)30-10-4-8-29-30;/h4-10,12-13,21H,3,11,14-15H2,1-2H3,(H2,25,27,28);1H. The van der Waals surface area contributed by atoms with E-state index < -0.39 is 6.61 Å². The smallest absolute Gasteiger partial charge is 0.387 e. The maximum atomic E-state index is 12.9. The van der Waals surface area contributed by atoms with Gasteiger partial charge in [0.1, 0.15) is 11.5 Å². The van der Waals surface area contributed by atoms with E-state index in [-0.39, 0.29) is 36.3 Å². The van der Waals surface area contributed by atoms with E-state index in [4.69, 9.17) is 4.74 Å². The molecule has 0 spiro atoms. The average Bonchev–Trinajstić information content (AvgIpc) is 3.33. The van der Waals surface area contributed by atoms with Crippen molar-refractivity contribution in [3.05, 3.63) is 66.1 Å². The molecule has 0 aliphatic rings. The molecule has 3 aromatic rings. The van der Waals surface area contributed by atoms with Gasteiger partial charge in [0.15, 0.2) is 11.8 Å². The van der Waals surface area contributed by atoms with Crippen LogP contribution in [0.1, 0.15) is 24.5 Å². The molecule has 8 nitrogen and oxygen atoms in total. The summed E-state index contributed by atoms with van der Waals surface area (Å²) in [5, 5.41) is 10.5. The van der Waals surface area contributed by atoms with Crippen LogP contribution >= 0.6 is 24.0 Å². The summed E-state index contributed by atoms with van der Waals surface area (Å²) < 4.78 is 37.6. The Bertz CT molecular complexity index is 1020. The molecule has 0 unspecified atom stereocenters. The minimum Gasteiger partial charge on any atom is -0.493 e. The van der Waals surface area contributed by atoms with E-state index in [9.17, 15) is 8.78 Å². The van der Waals surface area contributed by atoms with Crippen LogP contribution < -0.4 is 20.1 Å². The molecule has 2 aromatic heterocycles. The molecule has 0 bridgehead atoms. The van der Waals surface area contributed by atoms with Gasteiger partial charge in [-0.3, -0.25) is 4.99 Å². The maximum Gasteiger partial charge on any atom is 0.387 e. The number of halogens is 3. The fourth-order valence-corrected chi connectivity index (χ4v) is 2.88. The van der Waals surface area contributed by atoms with Crippen molar-refractivity contribution in [1.29, 1.82) is 0 Å². The number of aliphatic imine (C=N–C) groups is 1. The quantitative estimate of drug-likeness (QED) is 0.216. The first-order chi connectivity index (χ1) is 15.6. The van der Waals surface area contributed by atoms with Gasteiger partial charge in [0.05, 0.1) is 6.61 Å². The normalized spacial score (nSPS) is 11.1. The fourth-order valence-electron chi connectivity index (χ4n) is 2.88. The minimum absolute atomic E-state index is 0. The van der Waals surface area contributed by atoms with Gasteiger partial charge in [0, 0.05) is 50.4 Å². The van der Waals surface area contributed by atoms with E-state index in [1.54, 1.807) is 36.3 Å². The van der Waals surface area contributed by atoms with Crippen molar-refractivity contribution < 1.29 is 18.3 Å². The van der Waals surface area contributed by atoms with Gasteiger partial charge < -0.3 is 20.1 Å². The molecule has 3 rings (SSSR count). The van der Waals surface area contributed by atoms with Crippen molar-refractivity contribution in [2.75, 3.05) is 13.7 Å². The first-order valence-corrected chi connectivity index (χ1v) is 10.2. The van der Waals surface area contributed by atoms with Crippen molar-refractivity contribution in [2.45, 2.75) is 33.0 Å². The average molecular weight is 572 g/mol. The van der Waals surface area contributed by atoms with Gasteiger partial charge >= 0.3 is 6.61 Å². The van der Waals surface area contributed by atoms with E-state index in [1.807, 2.05) is 31.3 Å². The van der Waals surface area contributed by atoms with Gasteiger partial charge in [-0.15, -0.1) is 24.0 Å². The maximum absolute atomic E-state index is 12.9. The topological polar surface area (TPSA) is 85.6 Å². The molecule has 0 radical (unpaired) electrons. The summed E-state index contributed by atoms with van der Waals surface area (Å²) in [4.78, 5) is 8.49. The molecule has 11 heteroatoms. The Morgan fingerprint density at radius 1 is 1.15 bits per heavy atom. The van der Waals surface area contributed by atoms with Crippen molar-refractivity contribution in [2.24, 2.45) is 4.99 Å². The highest BCUT2D eigenvalue weighted by atomic mass is 127. The number of alkyl halides is 2. The van der Waals surface area contributed by atoms with Crippen LogP contribution in [0.3, 0.4) is 0 Å². The van der Waals surface area contributed by atoms with Gasteiger partial charge in [0.25, 0.3) is 0 Å². The molecule has 0 saturated heterocycles. The van der Waals surface area contributed by atoms with Crippen LogP contribution in [-0.2, 0) is 13.1 Å². The van der Waals surface area contributed by atoms with Crippen LogP contribution in [0.5, 0.6) is 11.5 Å². The molecule has 2 N–H and O–H groups in total. The summed E-state index contributed by atoms with van der Waals surface area (Å²) >= 11 is 0. The third kappa shape index (κ3) is 8.15. The van der Waals surface area contributed by atoms with Crippen molar-refractivity contribution in [1.82, 2.24) is 25.4 Å². The van der Waals surface area contributed by atoms with Crippen LogP contribution in [0.4, 0.5) is 8.78 Å². The molecule has 33 heavy (non-hydrogen) atoms. The second-order valence-electron chi connectivity index (χ2n) is 6.75. The van der Waals surface area contributed by atoms with E-state index in [2.05, 4.69) is 30.4 Å². The number of nitrogens with zero attached hydrogens (tertiary/aromatic N) is 4. The zero-order chi connectivity index (χ0) is 22.8. The summed E-state index contributed by atoms with van der Waals surface area (Å²) in [6.45, 7) is 0.269. The third-order valence-corrected chi connectivity index (χ3v) is 4.41. The number of ether oxygens (including phenoxy) is 2. The minimum atomic E-state index is -2.93. The third-order valence-electron chi connectivity index (χ3n) is 4.41. The number of guanidine groups is 1. The zero-order valence-electron chi connectivity index (χ0n) is 18.4. The van der Waals surface area contributed by atoms with E-state index >= 15 is 0 Å². The summed E-state index contributed by atoms with van der Waals surface area (Å²) in [6.07, 6.45) is 6.03. The van der Waals surface area contributed by atoms with Crippen LogP contribution in [0.2, 0.25) is 0 Å². The van der Waals surface area contributed by atoms with Crippen LogP contribution in [0.25, 0.3) is 5.82 Å². The number of rotatable bonds is 10. The summed E-state index contributed by atoms with van der Waals surface area (Å²) in [6, 6.07) is 10.5. The molecule has 0 amide bonds. The number of benzene rings is 1. The lowest BCUT2D eigenvalue weighted by Crippen LogP contribution is -2.36. The van der Waals surface area contributed by atoms with Gasteiger partial charge in [-0.25, -0.2) is 9.67 Å². The van der Waals surface area contributed by atoms with Gasteiger partial charge in [-0.05, 0) is 42.3 Å². The monoisotopic (exact) mass is 572 g/mol. The predicted octanol–water partition coefficient (Wildman–Crippen LogP) is 4.14. The Morgan fingerprint density at radius 3 is 2.67 bits per heavy atom. The summed E-state index contributed by atoms with van der Waals surface area (Å²) in [5.41, 5.74) is 1.54. The molecular weight excluding hydrogens is 545 g/mol. The fraction of sp³-hybridized carbons (Fsp3) is 0.318. The number of hydrogen-bond donors (Lipinski definition) is 2. The highest BCUT2D eigenvalue weighted by molar-refractivity contribution is 14.0. The van der Waals surface area contributed by atoms with Crippen LogP contribution in [0.15, 0.2) is 60.0 Å². The molecule has 0 atom stereocenters. The summed E-state index contributed by atoms with van der Waals surface area (Å²) in [5.74, 6) is 1.77. The Morgan fingerprint density at radius 2 is 1.97 bits per heavy atom. The lowest BCUT2D eigenvalue weighted by Gasteiger charge is -2.16. The highest BCUT2D eigenvalue weighted by Gasteiger charge is 2.12. The van der Waals surface area contributed by atoms with Gasteiger partial charge in [-0.2, -0.15) is 13.9 Å². The molecule has 0 aliphatic heterocycles. The second-order valence-corrected chi connectivity index (χ2v) is 6.75. The molecule has 1 aromatic carbocycles. The first-order valence-electron chi connectivity index (χ1n) is 10.2. The molecule has 178 valence electrons.